The van der Waals surface area contributed by atoms with Gasteiger partial charge in [0.05, 0.1) is 0 Å². The zero-order valence-electron chi connectivity index (χ0n) is 9.55. The number of benzene rings is 1. The fourth-order valence-corrected chi connectivity index (χ4v) is 1.92. The van der Waals surface area contributed by atoms with E-state index in [1.54, 1.807) is 17.8 Å². The lowest BCUT2D eigenvalue weighted by Crippen LogP contribution is -2.12. The summed E-state index contributed by atoms with van der Waals surface area (Å²) in [6, 6.07) is 5.50. The summed E-state index contributed by atoms with van der Waals surface area (Å²) in [4.78, 5) is 11.6. The number of hydrogen-bond acceptors (Lipinski definition) is 2. The first kappa shape index (κ1) is 13.4. The van der Waals surface area contributed by atoms with Crippen LogP contribution in [0, 0.1) is 6.92 Å². The highest BCUT2D eigenvalue weighted by Gasteiger charge is 2.04. The van der Waals surface area contributed by atoms with E-state index in [2.05, 4.69) is 5.32 Å². The first-order valence-electron chi connectivity index (χ1n) is 5.18. The van der Waals surface area contributed by atoms with E-state index in [0.717, 1.165) is 23.4 Å². The Morgan fingerprint density at radius 3 is 2.94 bits per heavy atom. The second-order valence-corrected chi connectivity index (χ2v) is 5.03. The molecule has 0 saturated heterocycles. The Hall–Kier alpha value is -0.670. The van der Waals surface area contributed by atoms with Crippen LogP contribution in [-0.2, 0) is 4.79 Å². The van der Waals surface area contributed by atoms with Crippen LogP contribution in [0.1, 0.15) is 18.4 Å². The average molecular weight is 258 g/mol. The second-order valence-electron chi connectivity index (χ2n) is 3.60. The van der Waals surface area contributed by atoms with Gasteiger partial charge in [0, 0.05) is 17.1 Å². The van der Waals surface area contributed by atoms with Crippen LogP contribution in [0.4, 0.5) is 5.69 Å². The Morgan fingerprint density at radius 2 is 2.25 bits per heavy atom. The van der Waals surface area contributed by atoms with Crippen LogP contribution in [0.3, 0.4) is 0 Å². The molecule has 1 rings (SSSR count). The molecule has 0 aliphatic rings. The monoisotopic (exact) mass is 257 g/mol. The number of carbonyl (C=O) groups is 1. The molecule has 0 aliphatic carbocycles. The summed E-state index contributed by atoms with van der Waals surface area (Å²) in [5.74, 6) is 1.07. The van der Waals surface area contributed by atoms with Gasteiger partial charge in [-0.05, 0) is 43.0 Å². The minimum absolute atomic E-state index is 0.0550. The van der Waals surface area contributed by atoms with E-state index in [9.17, 15) is 4.79 Å². The zero-order chi connectivity index (χ0) is 12.0. The minimum atomic E-state index is 0.0550. The first-order chi connectivity index (χ1) is 7.63. The van der Waals surface area contributed by atoms with Crippen LogP contribution in [0.2, 0.25) is 5.02 Å². The first-order valence-corrected chi connectivity index (χ1v) is 6.95. The Balaban J connectivity index is 2.52. The summed E-state index contributed by atoms with van der Waals surface area (Å²) in [6.45, 7) is 1.95. The van der Waals surface area contributed by atoms with E-state index in [1.807, 2.05) is 25.3 Å². The van der Waals surface area contributed by atoms with Gasteiger partial charge in [-0.3, -0.25) is 4.79 Å². The topological polar surface area (TPSA) is 29.1 Å². The number of nitrogens with one attached hydrogen (secondary N) is 1. The molecule has 1 aromatic rings. The predicted octanol–water partition coefficient (Wildman–Crippen LogP) is 3.73. The number of halogens is 1. The maximum absolute atomic E-state index is 11.6. The number of thioether (sulfide) groups is 1. The summed E-state index contributed by atoms with van der Waals surface area (Å²) in [7, 11) is 0. The molecular weight excluding hydrogens is 242 g/mol. The van der Waals surface area contributed by atoms with E-state index in [1.165, 1.54) is 0 Å². The van der Waals surface area contributed by atoms with Crippen LogP contribution < -0.4 is 5.32 Å². The Morgan fingerprint density at radius 1 is 1.50 bits per heavy atom. The van der Waals surface area contributed by atoms with E-state index >= 15 is 0 Å². The van der Waals surface area contributed by atoms with Crippen molar-refractivity contribution in [3.63, 3.8) is 0 Å². The van der Waals surface area contributed by atoms with Crippen LogP contribution in [-0.4, -0.2) is 17.9 Å². The molecular formula is C12H16ClNOS. The van der Waals surface area contributed by atoms with Gasteiger partial charge in [-0.1, -0.05) is 17.7 Å². The Bertz CT molecular complexity index is 368. The summed E-state index contributed by atoms with van der Waals surface area (Å²) >= 11 is 7.63. The Labute approximate surface area is 106 Å². The molecule has 0 radical (unpaired) electrons. The summed E-state index contributed by atoms with van der Waals surface area (Å²) in [5.41, 5.74) is 1.84. The van der Waals surface area contributed by atoms with Gasteiger partial charge in [-0.15, -0.1) is 0 Å². The molecule has 1 aromatic carbocycles. The third-order valence-electron chi connectivity index (χ3n) is 2.23. The zero-order valence-corrected chi connectivity index (χ0v) is 11.1. The van der Waals surface area contributed by atoms with E-state index in [0.29, 0.717) is 11.4 Å². The molecule has 0 heterocycles. The van der Waals surface area contributed by atoms with Crippen molar-refractivity contribution in [2.24, 2.45) is 0 Å². The van der Waals surface area contributed by atoms with E-state index < -0.39 is 0 Å². The van der Waals surface area contributed by atoms with Crippen LogP contribution >= 0.6 is 23.4 Å². The molecule has 0 aromatic heterocycles. The van der Waals surface area contributed by atoms with E-state index in [4.69, 9.17) is 11.6 Å². The maximum Gasteiger partial charge on any atom is 0.224 e. The van der Waals surface area contributed by atoms with Gasteiger partial charge in [-0.25, -0.2) is 0 Å². The number of carbonyl (C=O) groups excluding carboxylic acids is 1. The summed E-state index contributed by atoms with van der Waals surface area (Å²) in [6.07, 6.45) is 3.51. The number of aryl methyl sites for hydroxylation is 1. The molecule has 1 amide bonds. The highest BCUT2D eigenvalue weighted by atomic mass is 35.5. The molecule has 2 nitrogen and oxygen atoms in total. The number of hydrogen-bond donors (Lipinski definition) is 1. The minimum Gasteiger partial charge on any atom is -0.326 e. The van der Waals surface area contributed by atoms with Gasteiger partial charge in [0.1, 0.15) is 0 Å². The summed E-state index contributed by atoms with van der Waals surface area (Å²) < 4.78 is 0. The lowest BCUT2D eigenvalue weighted by Gasteiger charge is -2.08. The van der Waals surface area contributed by atoms with Crippen LogP contribution in [0.25, 0.3) is 0 Å². The van der Waals surface area contributed by atoms with Gasteiger partial charge >= 0.3 is 0 Å². The quantitative estimate of drug-likeness (QED) is 0.815. The van der Waals surface area contributed by atoms with Crippen molar-refractivity contribution in [1.82, 2.24) is 0 Å². The smallest absolute Gasteiger partial charge is 0.224 e. The van der Waals surface area contributed by atoms with Crippen LogP contribution in [0.5, 0.6) is 0 Å². The normalized spacial score (nSPS) is 10.2. The molecule has 0 atom stereocenters. The highest BCUT2D eigenvalue weighted by molar-refractivity contribution is 7.98. The highest BCUT2D eigenvalue weighted by Crippen LogP contribution is 2.20. The van der Waals surface area contributed by atoms with Crippen molar-refractivity contribution < 1.29 is 4.79 Å². The standard InChI is InChI=1S/C12H16ClNOS/c1-9-5-6-10(13)8-11(9)14-12(15)4-3-7-16-2/h5-6,8H,3-4,7H2,1-2H3,(H,14,15). The van der Waals surface area contributed by atoms with Crippen molar-refractivity contribution in [3.05, 3.63) is 28.8 Å². The molecule has 16 heavy (non-hydrogen) atoms. The molecule has 0 spiro atoms. The predicted molar refractivity (Wildman–Crippen MR) is 72.4 cm³/mol. The van der Waals surface area contributed by atoms with Gasteiger partial charge in [0.2, 0.25) is 5.91 Å². The van der Waals surface area contributed by atoms with Crippen molar-refractivity contribution in [3.8, 4) is 0 Å². The van der Waals surface area contributed by atoms with Crippen LogP contribution in [0.15, 0.2) is 18.2 Å². The van der Waals surface area contributed by atoms with Crippen molar-refractivity contribution in [2.45, 2.75) is 19.8 Å². The fourth-order valence-electron chi connectivity index (χ4n) is 1.32. The third kappa shape index (κ3) is 4.45. The van der Waals surface area contributed by atoms with Crippen molar-refractivity contribution in [1.29, 1.82) is 0 Å². The lowest BCUT2D eigenvalue weighted by molar-refractivity contribution is -0.116. The second kappa shape index (κ2) is 6.81. The molecule has 1 N–H and O–H groups in total. The lowest BCUT2D eigenvalue weighted by atomic mass is 10.2. The van der Waals surface area contributed by atoms with Crippen molar-refractivity contribution in [2.75, 3.05) is 17.3 Å². The maximum atomic E-state index is 11.6. The number of anilines is 1. The average Bonchev–Trinajstić information content (AvgIpc) is 2.24. The third-order valence-corrected chi connectivity index (χ3v) is 3.16. The number of amides is 1. The SMILES string of the molecule is CSCCCC(=O)Nc1cc(Cl)ccc1C. The van der Waals surface area contributed by atoms with Gasteiger partial charge in [0.15, 0.2) is 0 Å². The number of rotatable bonds is 5. The van der Waals surface area contributed by atoms with Gasteiger partial charge in [0.25, 0.3) is 0 Å². The molecule has 0 fully saturated rings. The van der Waals surface area contributed by atoms with Crippen molar-refractivity contribution >= 4 is 35.0 Å². The molecule has 0 bridgehead atoms. The van der Waals surface area contributed by atoms with E-state index in [-0.39, 0.29) is 5.91 Å². The molecule has 0 aliphatic heterocycles. The summed E-state index contributed by atoms with van der Waals surface area (Å²) in [5, 5.41) is 3.52. The van der Waals surface area contributed by atoms with Gasteiger partial charge < -0.3 is 5.32 Å². The molecule has 0 unspecified atom stereocenters. The fraction of sp³-hybridized carbons (Fsp3) is 0.417. The molecule has 4 heteroatoms. The Kier molecular flexibility index (Phi) is 5.71. The molecule has 88 valence electrons. The molecule has 0 saturated carbocycles. The largest absolute Gasteiger partial charge is 0.326 e. The van der Waals surface area contributed by atoms with Gasteiger partial charge in [-0.2, -0.15) is 11.8 Å².